The lowest BCUT2D eigenvalue weighted by Crippen LogP contribution is -2.66. The second-order valence-electron chi connectivity index (χ2n) is 13.1. The van der Waals surface area contributed by atoms with E-state index in [0.29, 0.717) is 24.1 Å². The minimum Gasteiger partial charge on any atom is -0.496 e. The molecule has 5 aliphatic rings. The van der Waals surface area contributed by atoms with Gasteiger partial charge in [0.15, 0.2) is 0 Å². The molecule has 3 N–H and O–H groups in total. The predicted octanol–water partition coefficient (Wildman–Crippen LogP) is 3.84. The third-order valence-corrected chi connectivity index (χ3v) is 12.4. The molecule has 3 atom stereocenters. The van der Waals surface area contributed by atoms with Crippen molar-refractivity contribution in [3.8, 4) is 11.8 Å². The molecule has 14 heteroatoms. The second-order valence-corrected chi connectivity index (χ2v) is 15.4. The highest BCUT2D eigenvalue weighted by atomic mass is 35.5. The molecular formula is C34H40ClFN6O5S. The number of nitriles is 1. The Hall–Kier alpha value is -3.54. The standard InChI is InChI=1S/C34H40ClFN6O5S/c1-38-6-3-7-41-8-4-20(5-9-41)19-48(45,46)42-24-13-23(14-25(42)15-24)39-34(44)28-16-26-27(33(43)40-31(26)17-29(28)35)10-21-11-30(36)22(18-37)12-32(21)47-2/h10-12,16-17,20,23-25,38H,3-9,13-15,19H2,1-2H3,(H,39,44)(H,40,43)/t23?,24-,25?/m1/s1. The lowest BCUT2D eigenvalue weighted by Gasteiger charge is -2.54. The van der Waals surface area contributed by atoms with E-state index in [1.54, 1.807) is 10.4 Å². The average molecular weight is 699 g/mol. The molecule has 2 amide bonds. The number of rotatable bonds is 11. The van der Waals surface area contributed by atoms with E-state index in [1.165, 1.54) is 31.4 Å². The first kappa shape index (κ1) is 34.3. The van der Waals surface area contributed by atoms with Gasteiger partial charge in [0.05, 0.1) is 34.7 Å². The fourth-order valence-corrected chi connectivity index (χ4v) is 10.1. The molecule has 1 saturated carbocycles. The van der Waals surface area contributed by atoms with Crippen LogP contribution in [0.15, 0.2) is 24.3 Å². The lowest BCUT2D eigenvalue weighted by atomic mass is 9.79. The minimum absolute atomic E-state index is 0.143. The van der Waals surface area contributed by atoms with E-state index in [0.717, 1.165) is 57.9 Å². The predicted molar refractivity (Wildman–Crippen MR) is 182 cm³/mol. The SMILES string of the molecule is CNCCCN1CCC(CS(=O)(=O)N2C3CC(NC(=O)c4cc5c(cc4Cl)NC(=O)C5=Cc4cc(F)c(C#N)cc4OC)C[C@@H]2C3)CC1. The zero-order valence-corrected chi connectivity index (χ0v) is 28.6. The Morgan fingerprint density at radius 2 is 1.92 bits per heavy atom. The Labute approximate surface area is 285 Å². The number of nitrogens with one attached hydrogen (secondary N) is 3. The molecule has 2 bridgehead atoms. The highest BCUT2D eigenvalue weighted by molar-refractivity contribution is 7.89. The van der Waals surface area contributed by atoms with Gasteiger partial charge >= 0.3 is 0 Å². The summed E-state index contributed by atoms with van der Waals surface area (Å²) in [7, 11) is -0.0847. The van der Waals surface area contributed by atoms with Gasteiger partial charge in [-0.1, -0.05) is 11.6 Å². The second kappa shape index (κ2) is 14.1. The van der Waals surface area contributed by atoms with Crippen molar-refractivity contribution in [3.05, 3.63) is 57.4 Å². The van der Waals surface area contributed by atoms with Crippen molar-refractivity contribution in [2.75, 3.05) is 51.4 Å². The number of fused-ring (bicyclic) bond motifs is 3. The molecule has 256 valence electrons. The van der Waals surface area contributed by atoms with E-state index in [9.17, 15) is 22.4 Å². The van der Waals surface area contributed by atoms with Crippen LogP contribution in [0.25, 0.3) is 11.6 Å². The van der Waals surface area contributed by atoms with Crippen molar-refractivity contribution in [3.63, 3.8) is 0 Å². The summed E-state index contributed by atoms with van der Waals surface area (Å²) in [5, 5.41) is 18.2. The lowest BCUT2D eigenvalue weighted by molar-refractivity contribution is -0.110. The molecule has 2 aromatic rings. The first-order valence-corrected chi connectivity index (χ1v) is 18.3. The Bertz CT molecular complexity index is 1780. The van der Waals surface area contributed by atoms with E-state index >= 15 is 0 Å². The number of sulfonamides is 1. The zero-order valence-electron chi connectivity index (χ0n) is 27.0. The van der Waals surface area contributed by atoms with Gasteiger partial charge in [-0.2, -0.15) is 9.57 Å². The number of nitrogens with zero attached hydrogens (tertiary/aromatic N) is 3. The molecule has 4 aliphatic heterocycles. The van der Waals surface area contributed by atoms with Gasteiger partial charge in [-0.25, -0.2) is 12.8 Å². The van der Waals surface area contributed by atoms with Crippen molar-refractivity contribution in [1.82, 2.24) is 19.8 Å². The maximum absolute atomic E-state index is 14.4. The van der Waals surface area contributed by atoms with Crippen LogP contribution in [0.2, 0.25) is 5.02 Å². The number of hydrogen-bond donors (Lipinski definition) is 3. The Balaban J connectivity index is 1.10. The number of likely N-dealkylation sites (tertiary alicyclic amines) is 1. The number of piperidine rings is 2. The van der Waals surface area contributed by atoms with Gasteiger partial charge in [-0.3, -0.25) is 9.59 Å². The van der Waals surface area contributed by atoms with Crippen LogP contribution in [0.1, 0.15) is 65.6 Å². The summed E-state index contributed by atoms with van der Waals surface area (Å²) < 4.78 is 48.4. The van der Waals surface area contributed by atoms with Gasteiger partial charge < -0.3 is 25.6 Å². The fourth-order valence-electron chi connectivity index (χ4n) is 7.54. The number of methoxy groups -OCH3 is 1. The van der Waals surface area contributed by atoms with E-state index in [4.69, 9.17) is 21.6 Å². The molecule has 1 aliphatic carbocycles. The average Bonchev–Trinajstić information content (AvgIpc) is 3.34. The van der Waals surface area contributed by atoms with Crippen LogP contribution in [0.5, 0.6) is 5.75 Å². The highest BCUT2D eigenvalue weighted by Gasteiger charge is 2.51. The molecule has 3 saturated heterocycles. The summed E-state index contributed by atoms with van der Waals surface area (Å²) >= 11 is 6.51. The van der Waals surface area contributed by atoms with Crippen LogP contribution in [0.4, 0.5) is 10.1 Å². The topological polar surface area (TPSA) is 144 Å². The van der Waals surface area contributed by atoms with Crippen LogP contribution in [0.3, 0.4) is 0 Å². The molecule has 11 nitrogen and oxygen atoms in total. The van der Waals surface area contributed by atoms with Crippen molar-refractivity contribution in [2.45, 2.75) is 56.7 Å². The molecule has 0 radical (unpaired) electrons. The number of carbonyl (C=O) groups excluding carboxylic acids is 2. The van der Waals surface area contributed by atoms with Crippen LogP contribution in [-0.2, 0) is 14.8 Å². The van der Waals surface area contributed by atoms with Gasteiger partial charge in [-0.15, -0.1) is 0 Å². The third-order valence-electron chi connectivity index (χ3n) is 9.96. The first-order chi connectivity index (χ1) is 23.0. The smallest absolute Gasteiger partial charge is 0.256 e. The van der Waals surface area contributed by atoms with Crippen molar-refractivity contribution in [2.24, 2.45) is 5.92 Å². The quantitative estimate of drug-likeness (QED) is 0.237. The normalized spacial score (nSPS) is 23.7. The van der Waals surface area contributed by atoms with Gasteiger partial charge in [0.25, 0.3) is 11.8 Å². The Morgan fingerprint density at radius 3 is 2.58 bits per heavy atom. The number of ether oxygens (including phenoxy) is 1. The van der Waals surface area contributed by atoms with Crippen molar-refractivity contribution < 1.29 is 27.1 Å². The summed E-state index contributed by atoms with van der Waals surface area (Å²) in [4.78, 5) is 28.8. The number of anilines is 1. The van der Waals surface area contributed by atoms with Crippen LogP contribution in [0, 0.1) is 23.1 Å². The van der Waals surface area contributed by atoms with E-state index < -0.39 is 27.7 Å². The van der Waals surface area contributed by atoms with Gasteiger partial charge in [-0.05, 0) is 102 Å². The summed E-state index contributed by atoms with van der Waals surface area (Å²) in [5.41, 5.74) is 1.21. The minimum atomic E-state index is -3.41. The van der Waals surface area contributed by atoms with E-state index in [1.807, 2.05) is 7.05 Å². The first-order valence-electron chi connectivity index (χ1n) is 16.3. The number of benzene rings is 2. The molecule has 0 spiro atoms. The van der Waals surface area contributed by atoms with E-state index in [2.05, 4.69) is 20.9 Å². The molecule has 7 rings (SSSR count). The van der Waals surface area contributed by atoms with Gasteiger partial charge in [0.2, 0.25) is 10.0 Å². The fraction of sp³-hybridized carbons (Fsp3) is 0.500. The number of hydrogen-bond acceptors (Lipinski definition) is 8. The Morgan fingerprint density at radius 1 is 1.19 bits per heavy atom. The maximum atomic E-state index is 14.4. The van der Waals surface area contributed by atoms with Crippen LogP contribution < -0.4 is 20.7 Å². The third kappa shape index (κ3) is 6.95. The molecule has 2 aromatic carbocycles. The van der Waals surface area contributed by atoms with Gasteiger partial charge in [0, 0.05) is 40.9 Å². The van der Waals surface area contributed by atoms with Crippen LogP contribution >= 0.6 is 11.6 Å². The Kier molecular flexibility index (Phi) is 10.1. The maximum Gasteiger partial charge on any atom is 0.256 e. The number of carbonyl (C=O) groups is 2. The highest BCUT2D eigenvalue weighted by Crippen LogP contribution is 2.42. The van der Waals surface area contributed by atoms with E-state index in [-0.39, 0.29) is 62.8 Å². The van der Waals surface area contributed by atoms with Crippen molar-refractivity contribution in [1.29, 1.82) is 5.26 Å². The summed E-state index contributed by atoms with van der Waals surface area (Å²) in [5.74, 6) is -1.10. The van der Waals surface area contributed by atoms with Crippen LogP contribution in [-0.4, -0.2) is 93.7 Å². The molecule has 2 unspecified atom stereocenters. The number of amides is 2. The molecule has 48 heavy (non-hydrogen) atoms. The molecule has 0 aromatic heterocycles. The largest absolute Gasteiger partial charge is 0.496 e. The molecule has 4 fully saturated rings. The zero-order chi connectivity index (χ0) is 34.2. The number of halogens is 2. The molecular weight excluding hydrogens is 659 g/mol. The summed E-state index contributed by atoms with van der Waals surface area (Å²) in [6.45, 7) is 3.87. The summed E-state index contributed by atoms with van der Waals surface area (Å²) in [6.07, 6.45) is 6.12. The van der Waals surface area contributed by atoms with Gasteiger partial charge in [0.1, 0.15) is 17.6 Å². The summed E-state index contributed by atoms with van der Waals surface area (Å²) in [6, 6.07) is 6.66. The molecule has 4 heterocycles. The monoisotopic (exact) mass is 698 g/mol. The van der Waals surface area contributed by atoms with Crippen molar-refractivity contribution >= 4 is 50.8 Å².